The number of carbonyl (C=O) groups excluding carboxylic acids is 2. The monoisotopic (exact) mass is 217 g/mol. The first-order chi connectivity index (χ1) is 7.69. The zero-order chi connectivity index (χ0) is 12.0. The molecular formula is C12H11NO3. The van der Waals surface area contributed by atoms with E-state index in [1.165, 1.54) is 7.11 Å². The lowest BCUT2D eigenvalue weighted by Gasteiger charge is -2.06. The second kappa shape index (κ2) is 5.56. The Kier molecular flexibility index (Phi) is 4.10. The van der Waals surface area contributed by atoms with Gasteiger partial charge in [0.2, 0.25) is 0 Å². The van der Waals surface area contributed by atoms with E-state index in [1.54, 1.807) is 31.2 Å². The Morgan fingerprint density at radius 2 is 2.00 bits per heavy atom. The fraction of sp³-hybridized carbons (Fsp3) is 0.167. The van der Waals surface area contributed by atoms with Crippen LogP contribution in [0, 0.1) is 11.8 Å². The molecule has 1 rings (SSSR count). The molecule has 0 radical (unpaired) electrons. The second-order valence-corrected chi connectivity index (χ2v) is 2.87. The van der Waals surface area contributed by atoms with Crippen molar-refractivity contribution in [1.82, 2.24) is 0 Å². The van der Waals surface area contributed by atoms with Crippen molar-refractivity contribution in [1.29, 1.82) is 0 Å². The molecule has 0 aromatic heterocycles. The highest BCUT2D eigenvalue weighted by Gasteiger charge is 2.11. The molecule has 0 saturated heterocycles. The van der Waals surface area contributed by atoms with Crippen molar-refractivity contribution in [2.75, 3.05) is 12.4 Å². The van der Waals surface area contributed by atoms with Crippen molar-refractivity contribution in [2.24, 2.45) is 0 Å². The van der Waals surface area contributed by atoms with Crippen LogP contribution in [0.15, 0.2) is 24.3 Å². The predicted molar refractivity (Wildman–Crippen MR) is 59.9 cm³/mol. The van der Waals surface area contributed by atoms with Gasteiger partial charge in [-0.2, -0.15) is 0 Å². The summed E-state index contributed by atoms with van der Waals surface area (Å²) in [6.07, 6.45) is 0. The number of amides is 1. The van der Waals surface area contributed by atoms with Crippen LogP contribution in [0.5, 0.6) is 0 Å². The van der Waals surface area contributed by atoms with Crippen molar-refractivity contribution >= 4 is 17.6 Å². The normalized spacial score (nSPS) is 8.62. The molecule has 0 heterocycles. The predicted octanol–water partition coefficient (Wildman–Crippen LogP) is 1.43. The molecule has 0 aliphatic carbocycles. The lowest BCUT2D eigenvalue weighted by molar-refractivity contribution is -0.111. The third-order valence-electron chi connectivity index (χ3n) is 1.82. The van der Waals surface area contributed by atoms with Gasteiger partial charge in [0.05, 0.1) is 18.4 Å². The molecule has 1 amide bonds. The Labute approximate surface area is 93.6 Å². The fourth-order valence-electron chi connectivity index (χ4n) is 1.15. The number of anilines is 1. The quantitative estimate of drug-likeness (QED) is 0.602. The Hall–Kier alpha value is -2.28. The molecule has 16 heavy (non-hydrogen) atoms. The molecule has 0 atom stereocenters. The topological polar surface area (TPSA) is 55.4 Å². The third-order valence-corrected chi connectivity index (χ3v) is 1.82. The summed E-state index contributed by atoms with van der Waals surface area (Å²) in [6.45, 7) is 1.56. The molecule has 4 nitrogen and oxygen atoms in total. The zero-order valence-corrected chi connectivity index (χ0v) is 9.03. The summed E-state index contributed by atoms with van der Waals surface area (Å²) in [7, 11) is 1.28. The van der Waals surface area contributed by atoms with Gasteiger partial charge in [0.25, 0.3) is 5.91 Å². The van der Waals surface area contributed by atoms with E-state index < -0.39 is 11.9 Å². The van der Waals surface area contributed by atoms with Crippen LogP contribution in [-0.4, -0.2) is 19.0 Å². The standard InChI is InChI=1S/C12H11NO3/c1-3-6-11(14)13-10-8-5-4-7-9(10)12(15)16-2/h4-5,7-8H,1-2H3,(H,13,14). The minimum atomic E-state index is -0.500. The van der Waals surface area contributed by atoms with Gasteiger partial charge < -0.3 is 10.1 Å². The number of carbonyl (C=O) groups is 2. The van der Waals surface area contributed by atoms with Crippen molar-refractivity contribution in [3.8, 4) is 11.8 Å². The van der Waals surface area contributed by atoms with Crippen molar-refractivity contribution < 1.29 is 14.3 Å². The van der Waals surface area contributed by atoms with E-state index in [-0.39, 0.29) is 0 Å². The Bertz CT molecular complexity index is 469. The van der Waals surface area contributed by atoms with Crippen LogP contribution in [0.25, 0.3) is 0 Å². The second-order valence-electron chi connectivity index (χ2n) is 2.87. The van der Waals surface area contributed by atoms with Gasteiger partial charge >= 0.3 is 5.97 Å². The number of methoxy groups -OCH3 is 1. The first kappa shape index (κ1) is 11.8. The number of esters is 1. The molecule has 4 heteroatoms. The maximum Gasteiger partial charge on any atom is 0.339 e. The highest BCUT2D eigenvalue weighted by molar-refractivity contribution is 6.07. The first-order valence-corrected chi connectivity index (χ1v) is 4.60. The smallest absolute Gasteiger partial charge is 0.339 e. The largest absolute Gasteiger partial charge is 0.465 e. The molecule has 82 valence electrons. The number of nitrogens with one attached hydrogen (secondary N) is 1. The van der Waals surface area contributed by atoms with E-state index in [1.807, 2.05) is 0 Å². The summed E-state index contributed by atoms with van der Waals surface area (Å²) in [5.41, 5.74) is 0.693. The van der Waals surface area contributed by atoms with Crippen molar-refractivity contribution in [3.05, 3.63) is 29.8 Å². The van der Waals surface area contributed by atoms with Crippen LogP contribution in [0.1, 0.15) is 17.3 Å². The maximum absolute atomic E-state index is 11.4. The Morgan fingerprint density at radius 3 is 2.62 bits per heavy atom. The molecule has 0 bridgehead atoms. The molecule has 0 spiro atoms. The van der Waals surface area contributed by atoms with Crippen LogP contribution < -0.4 is 5.32 Å². The highest BCUT2D eigenvalue weighted by atomic mass is 16.5. The minimum absolute atomic E-state index is 0.302. The van der Waals surface area contributed by atoms with Crippen LogP contribution in [-0.2, 0) is 9.53 Å². The molecule has 1 aromatic rings. The summed E-state index contributed by atoms with van der Waals surface area (Å²) < 4.78 is 4.59. The molecule has 0 aliphatic heterocycles. The van der Waals surface area contributed by atoms with Gasteiger partial charge in [-0.05, 0) is 25.0 Å². The number of ether oxygens (including phenoxy) is 1. The number of benzene rings is 1. The number of para-hydroxylation sites is 1. The van der Waals surface area contributed by atoms with Crippen LogP contribution >= 0.6 is 0 Å². The van der Waals surface area contributed by atoms with E-state index >= 15 is 0 Å². The van der Waals surface area contributed by atoms with E-state index in [0.717, 1.165) is 0 Å². The van der Waals surface area contributed by atoms with E-state index in [9.17, 15) is 9.59 Å². The van der Waals surface area contributed by atoms with Crippen LogP contribution in [0.3, 0.4) is 0 Å². The Morgan fingerprint density at radius 1 is 1.31 bits per heavy atom. The summed E-state index contributed by atoms with van der Waals surface area (Å²) >= 11 is 0. The molecule has 0 unspecified atom stereocenters. The van der Waals surface area contributed by atoms with E-state index in [4.69, 9.17) is 0 Å². The lowest BCUT2D eigenvalue weighted by Crippen LogP contribution is -2.13. The lowest BCUT2D eigenvalue weighted by atomic mass is 10.2. The summed E-state index contributed by atoms with van der Waals surface area (Å²) in [5.74, 6) is 3.84. The third kappa shape index (κ3) is 2.85. The molecular weight excluding hydrogens is 206 g/mol. The summed E-state index contributed by atoms with van der Waals surface area (Å²) in [4.78, 5) is 22.6. The van der Waals surface area contributed by atoms with Gasteiger partial charge in [-0.15, -0.1) is 0 Å². The average molecular weight is 217 g/mol. The molecule has 1 aromatic carbocycles. The fourth-order valence-corrected chi connectivity index (χ4v) is 1.15. The molecule has 0 aliphatic rings. The van der Waals surface area contributed by atoms with Gasteiger partial charge in [-0.1, -0.05) is 18.1 Å². The summed E-state index contributed by atoms with van der Waals surface area (Å²) in [6, 6.07) is 6.58. The van der Waals surface area contributed by atoms with Gasteiger partial charge in [0, 0.05) is 0 Å². The number of rotatable bonds is 2. The van der Waals surface area contributed by atoms with E-state index in [2.05, 4.69) is 21.9 Å². The molecule has 0 fully saturated rings. The zero-order valence-electron chi connectivity index (χ0n) is 9.03. The van der Waals surface area contributed by atoms with Gasteiger partial charge in [0.1, 0.15) is 0 Å². The highest BCUT2D eigenvalue weighted by Crippen LogP contribution is 2.15. The van der Waals surface area contributed by atoms with E-state index in [0.29, 0.717) is 11.3 Å². The Balaban J connectivity index is 2.98. The molecule has 0 saturated carbocycles. The number of hydrogen-bond acceptors (Lipinski definition) is 3. The average Bonchev–Trinajstić information content (AvgIpc) is 2.29. The first-order valence-electron chi connectivity index (χ1n) is 4.60. The van der Waals surface area contributed by atoms with Gasteiger partial charge in [0.15, 0.2) is 0 Å². The SMILES string of the molecule is CC#CC(=O)Nc1ccccc1C(=O)OC. The number of hydrogen-bond donors (Lipinski definition) is 1. The van der Waals surface area contributed by atoms with Gasteiger partial charge in [-0.3, -0.25) is 4.79 Å². The van der Waals surface area contributed by atoms with Crippen LogP contribution in [0.2, 0.25) is 0 Å². The van der Waals surface area contributed by atoms with Crippen LogP contribution in [0.4, 0.5) is 5.69 Å². The van der Waals surface area contributed by atoms with Crippen molar-refractivity contribution in [2.45, 2.75) is 6.92 Å². The van der Waals surface area contributed by atoms with Crippen molar-refractivity contribution in [3.63, 3.8) is 0 Å². The minimum Gasteiger partial charge on any atom is -0.465 e. The summed E-state index contributed by atoms with van der Waals surface area (Å²) in [5, 5.41) is 2.51. The maximum atomic E-state index is 11.4. The van der Waals surface area contributed by atoms with Gasteiger partial charge in [-0.25, -0.2) is 4.79 Å². The molecule has 1 N–H and O–H groups in total.